The van der Waals surface area contributed by atoms with E-state index in [1.807, 2.05) is 0 Å². The van der Waals surface area contributed by atoms with Crippen LogP contribution in [0.1, 0.15) is 19.3 Å². The number of alkyl halides is 1. The summed E-state index contributed by atoms with van der Waals surface area (Å²) in [6.45, 7) is 0.704. The van der Waals surface area contributed by atoms with E-state index in [4.69, 9.17) is 9.47 Å². The predicted octanol–water partition coefficient (Wildman–Crippen LogP) is 1.20. The lowest BCUT2D eigenvalue weighted by Gasteiger charge is -2.23. The fourth-order valence-electron chi connectivity index (χ4n) is 1.56. The van der Waals surface area contributed by atoms with E-state index in [1.165, 1.54) is 0 Å². The third kappa shape index (κ3) is 1.08. The van der Waals surface area contributed by atoms with Crippen molar-refractivity contribution in [1.29, 1.82) is 0 Å². The number of hydrogen-bond acceptors (Lipinski definition) is 3. The van der Waals surface area contributed by atoms with Crippen molar-refractivity contribution in [3.8, 4) is 0 Å². The van der Waals surface area contributed by atoms with Crippen molar-refractivity contribution in [2.75, 3.05) is 6.61 Å². The van der Waals surface area contributed by atoms with Crippen LogP contribution in [0, 0.1) is 0 Å². The number of esters is 1. The predicted molar refractivity (Wildman–Crippen MR) is 41.3 cm³/mol. The summed E-state index contributed by atoms with van der Waals surface area (Å²) >= 11 is 3.39. The van der Waals surface area contributed by atoms with Crippen molar-refractivity contribution >= 4 is 21.9 Å². The lowest BCUT2D eigenvalue weighted by atomic mass is 10.1. The molecule has 2 unspecified atom stereocenters. The first-order valence-corrected chi connectivity index (χ1v) is 4.64. The quantitative estimate of drug-likeness (QED) is 0.455. The Morgan fingerprint density at radius 1 is 1.64 bits per heavy atom. The molecule has 2 fully saturated rings. The van der Waals surface area contributed by atoms with Crippen molar-refractivity contribution < 1.29 is 14.3 Å². The highest BCUT2D eigenvalue weighted by Crippen LogP contribution is 2.40. The number of carbonyl (C=O) groups is 1. The molecule has 2 aliphatic rings. The van der Waals surface area contributed by atoms with Crippen LogP contribution in [-0.2, 0) is 14.3 Å². The normalized spacial score (nSPS) is 43.4. The zero-order valence-electron chi connectivity index (χ0n) is 6.01. The van der Waals surface area contributed by atoms with Gasteiger partial charge in [0, 0.05) is 6.42 Å². The molecule has 0 radical (unpaired) electrons. The van der Waals surface area contributed by atoms with Crippen LogP contribution in [0.4, 0.5) is 0 Å². The summed E-state index contributed by atoms with van der Waals surface area (Å²) in [5.74, 6) is -0.773. The van der Waals surface area contributed by atoms with Gasteiger partial charge in [0.15, 0.2) is 0 Å². The maximum atomic E-state index is 10.9. The van der Waals surface area contributed by atoms with E-state index < -0.39 is 5.79 Å². The van der Waals surface area contributed by atoms with Crippen molar-refractivity contribution in [2.45, 2.75) is 29.9 Å². The summed E-state index contributed by atoms with van der Waals surface area (Å²) in [6, 6.07) is 0. The highest BCUT2D eigenvalue weighted by atomic mass is 79.9. The van der Waals surface area contributed by atoms with Crippen LogP contribution in [-0.4, -0.2) is 23.2 Å². The van der Waals surface area contributed by atoms with E-state index >= 15 is 0 Å². The van der Waals surface area contributed by atoms with Crippen molar-refractivity contribution in [3.05, 3.63) is 0 Å². The topological polar surface area (TPSA) is 35.5 Å². The van der Waals surface area contributed by atoms with Gasteiger partial charge in [-0.05, 0) is 6.42 Å². The van der Waals surface area contributed by atoms with Crippen molar-refractivity contribution in [3.63, 3.8) is 0 Å². The van der Waals surface area contributed by atoms with Gasteiger partial charge < -0.3 is 9.47 Å². The monoisotopic (exact) mass is 220 g/mol. The average molecular weight is 221 g/mol. The maximum Gasteiger partial charge on any atom is 0.309 e. The molecule has 0 N–H and O–H groups in total. The Balaban J connectivity index is 2.18. The summed E-state index contributed by atoms with van der Waals surface area (Å²) < 4.78 is 10.5. The molecule has 1 spiro atoms. The minimum absolute atomic E-state index is 0.0463. The Kier molecular flexibility index (Phi) is 1.68. The second-order valence-electron chi connectivity index (χ2n) is 2.91. The van der Waals surface area contributed by atoms with E-state index in [-0.39, 0.29) is 10.8 Å². The number of hydrogen-bond donors (Lipinski definition) is 0. The molecule has 2 saturated heterocycles. The highest BCUT2D eigenvalue weighted by molar-refractivity contribution is 9.09. The number of ether oxygens (including phenoxy) is 2. The summed E-state index contributed by atoms with van der Waals surface area (Å²) in [4.78, 5) is 10.9. The van der Waals surface area contributed by atoms with E-state index in [9.17, 15) is 4.79 Å². The number of carbonyl (C=O) groups excluding carboxylic acids is 1. The first-order chi connectivity index (χ1) is 5.23. The molecule has 0 saturated carbocycles. The Morgan fingerprint density at radius 2 is 2.45 bits per heavy atom. The number of halogens is 1. The van der Waals surface area contributed by atoms with Crippen molar-refractivity contribution in [2.24, 2.45) is 0 Å². The molecule has 2 aliphatic heterocycles. The molecule has 0 aromatic heterocycles. The molecule has 11 heavy (non-hydrogen) atoms. The Hall–Kier alpha value is -0.0900. The second kappa shape index (κ2) is 2.45. The summed E-state index contributed by atoms with van der Waals surface area (Å²) in [6.07, 6.45) is 2.24. The number of rotatable bonds is 0. The fourth-order valence-corrected chi connectivity index (χ4v) is 2.28. The molecule has 2 heterocycles. The third-order valence-electron chi connectivity index (χ3n) is 2.13. The largest absolute Gasteiger partial charge is 0.432 e. The van der Waals surface area contributed by atoms with Crippen molar-refractivity contribution in [1.82, 2.24) is 0 Å². The van der Waals surface area contributed by atoms with Gasteiger partial charge in [0.05, 0.1) is 17.9 Å². The zero-order chi connectivity index (χ0) is 7.90. The lowest BCUT2D eigenvalue weighted by Crippen LogP contribution is -2.34. The van der Waals surface area contributed by atoms with E-state index in [0.29, 0.717) is 13.0 Å². The van der Waals surface area contributed by atoms with Gasteiger partial charge >= 0.3 is 5.97 Å². The molecule has 0 aliphatic carbocycles. The molecular formula is C7H9BrO3. The van der Waals surface area contributed by atoms with E-state index in [0.717, 1.165) is 12.8 Å². The van der Waals surface area contributed by atoms with Gasteiger partial charge in [-0.1, -0.05) is 15.9 Å². The van der Waals surface area contributed by atoms with Gasteiger partial charge in [0.2, 0.25) is 5.79 Å². The van der Waals surface area contributed by atoms with Crippen LogP contribution in [0.25, 0.3) is 0 Å². The molecule has 2 rings (SSSR count). The first-order valence-electron chi connectivity index (χ1n) is 3.73. The van der Waals surface area contributed by atoms with Gasteiger partial charge in [-0.25, -0.2) is 0 Å². The van der Waals surface area contributed by atoms with Crippen LogP contribution < -0.4 is 0 Å². The Morgan fingerprint density at radius 3 is 2.91 bits per heavy atom. The summed E-state index contributed by atoms with van der Waals surface area (Å²) in [5, 5.41) is 0. The van der Waals surface area contributed by atoms with Gasteiger partial charge in [-0.3, -0.25) is 4.79 Å². The van der Waals surface area contributed by atoms with E-state index in [2.05, 4.69) is 15.9 Å². The Labute approximate surface area is 73.2 Å². The summed E-state index contributed by atoms with van der Waals surface area (Å²) in [5.41, 5.74) is 0. The Bertz CT molecular complexity index is 186. The molecule has 3 nitrogen and oxygen atoms in total. The summed E-state index contributed by atoms with van der Waals surface area (Å²) in [7, 11) is 0. The third-order valence-corrected chi connectivity index (χ3v) is 3.15. The standard InChI is InChI=1S/C7H9BrO3/c8-5-4-6(9)11-7(5)2-1-3-10-7/h5H,1-4H2. The van der Waals surface area contributed by atoms with Gasteiger partial charge in [-0.2, -0.15) is 0 Å². The maximum absolute atomic E-state index is 10.9. The fraction of sp³-hybridized carbons (Fsp3) is 0.857. The van der Waals surface area contributed by atoms with Crippen LogP contribution in [0.3, 0.4) is 0 Å². The highest BCUT2D eigenvalue weighted by Gasteiger charge is 2.51. The van der Waals surface area contributed by atoms with Crippen LogP contribution in [0.15, 0.2) is 0 Å². The molecular weight excluding hydrogens is 212 g/mol. The SMILES string of the molecule is O=C1CC(Br)C2(CCCO2)O1. The molecule has 0 aromatic rings. The molecule has 2 atom stereocenters. The minimum atomic E-state index is -0.614. The molecule has 62 valence electrons. The van der Waals surface area contributed by atoms with Gasteiger partial charge in [-0.15, -0.1) is 0 Å². The van der Waals surface area contributed by atoms with E-state index in [1.54, 1.807) is 0 Å². The molecule has 0 aromatic carbocycles. The average Bonchev–Trinajstić information content (AvgIpc) is 2.45. The molecule has 0 bridgehead atoms. The lowest BCUT2D eigenvalue weighted by molar-refractivity contribution is -0.190. The van der Waals surface area contributed by atoms with Gasteiger partial charge in [0.25, 0.3) is 0 Å². The van der Waals surface area contributed by atoms with Crippen LogP contribution >= 0.6 is 15.9 Å². The zero-order valence-corrected chi connectivity index (χ0v) is 7.59. The smallest absolute Gasteiger partial charge is 0.309 e. The van der Waals surface area contributed by atoms with Gasteiger partial charge in [0.1, 0.15) is 0 Å². The second-order valence-corrected chi connectivity index (χ2v) is 4.01. The van der Waals surface area contributed by atoms with Crippen LogP contribution in [0.2, 0.25) is 0 Å². The minimum Gasteiger partial charge on any atom is -0.432 e. The first kappa shape index (κ1) is 7.55. The molecule has 0 amide bonds. The van der Waals surface area contributed by atoms with Crippen LogP contribution in [0.5, 0.6) is 0 Å². The molecule has 4 heteroatoms.